The summed E-state index contributed by atoms with van der Waals surface area (Å²) in [6, 6.07) is 13.5. The first-order valence-electron chi connectivity index (χ1n) is 9.21. The van der Waals surface area contributed by atoms with Crippen LogP contribution >= 0.6 is 15.9 Å². The fourth-order valence-electron chi connectivity index (χ4n) is 2.63. The van der Waals surface area contributed by atoms with Gasteiger partial charge in [0.05, 0.1) is 0 Å². The predicted octanol–water partition coefficient (Wildman–Crippen LogP) is 3.19. The summed E-state index contributed by atoms with van der Waals surface area (Å²) in [5, 5.41) is 2.74. The second kappa shape index (κ2) is 10.6. The van der Waals surface area contributed by atoms with Gasteiger partial charge in [0.1, 0.15) is 5.75 Å². The molecule has 2 aromatic rings. The maximum Gasteiger partial charge on any atom is 0.263 e. The fraction of sp³-hybridized carbons (Fsp3) is 0.286. The van der Waals surface area contributed by atoms with Crippen LogP contribution in [0.25, 0.3) is 0 Å². The van der Waals surface area contributed by atoms with Crippen molar-refractivity contribution in [1.82, 2.24) is 4.90 Å². The van der Waals surface area contributed by atoms with Crippen LogP contribution in [0, 0.1) is 0 Å². The third kappa shape index (κ3) is 6.90. The Hall–Kier alpha value is -2.87. The van der Waals surface area contributed by atoms with Crippen LogP contribution in [-0.4, -0.2) is 41.8 Å². The lowest BCUT2D eigenvalue weighted by atomic mass is 10.2. The highest BCUT2D eigenvalue weighted by molar-refractivity contribution is 9.10. The van der Waals surface area contributed by atoms with Gasteiger partial charge in [0.15, 0.2) is 6.10 Å². The van der Waals surface area contributed by atoms with Crippen molar-refractivity contribution in [3.63, 3.8) is 0 Å². The largest absolute Gasteiger partial charge is 0.481 e. The highest BCUT2D eigenvalue weighted by Crippen LogP contribution is 2.18. The van der Waals surface area contributed by atoms with Gasteiger partial charge in [-0.25, -0.2) is 0 Å². The molecule has 0 aliphatic rings. The Morgan fingerprint density at radius 1 is 1.10 bits per heavy atom. The van der Waals surface area contributed by atoms with Gasteiger partial charge in [0, 0.05) is 35.2 Å². The molecule has 0 aromatic heterocycles. The van der Waals surface area contributed by atoms with E-state index in [0.29, 0.717) is 23.5 Å². The van der Waals surface area contributed by atoms with Crippen LogP contribution in [0.4, 0.5) is 5.69 Å². The minimum Gasteiger partial charge on any atom is -0.481 e. The summed E-state index contributed by atoms with van der Waals surface area (Å²) >= 11 is 3.35. The first-order chi connectivity index (χ1) is 13.8. The quantitative estimate of drug-likeness (QED) is 0.598. The number of primary amides is 1. The predicted molar refractivity (Wildman–Crippen MR) is 115 cm³/mol. The molecule has 7 nitrogen and oxygen atoms in total. The zero-order valence-electron chi connectivity index (χ0n) is 16.4. The molecule has 0 aliphatic heterocycles. The SMILES string of the molecule is CCN(CCC(=O)Nc1ccc(C(N)=O)cc1)C(=O)C(C)Oc1ccc(Br)cc1. The minimum atomic E-state index is -0.666. The lowest BCUT2D eigenvalue weighted by Gasteiger charge is -2.24. The number of hydrogen-bond donors (Lipinski definition) is 2. The Bertz CT molecular complexity index is 853. The Labute approximate surface area is 178 Å². The number of carbonyl (C=O) groups excluding carboxylic acids is 3. The van der Waals surface area contributed by atoms with E-state index in [1.54, 1.807) is 48.2 Å². The van der Waals surface area contributed by atoms with Gasteiger partial charge in [0.2, 0.25) is 11.8 Å². The number of benzene rings is 2. The lowest BCUT2D eigenvalue weighted by Crippen LogP contribution is -2.41. The van der Waals surface area contributed by atoms with E-state index < -0.39 is 12.0 Å². The van der Waals surface area contributed by atoms with Gasteiger partial charge in [-0.15, -0.1) is 0 Å². The summed E-state index contributed by atoms with van der Waals surface area (Å²) in [6.45, 7) is 4.28. The van der Waals surface area contributed by atoms with Gasteiger partial charge in [-0.05, 0) is 62.4 Å². The molecule has 1 atom stereocenters. The van der Waals surface area contributed by atoms with Gasteiger partial charge >= 0.3 is 0 Å². The van der Waals surface area contributed by atoms with Crippen molar-refractivity contribution in [3.8, 4) is 5.75 Å². The van der Waals surface area contributed by atoms with E-state index in [4.69, 9.17) is 10.5 Å². The number of halogens is 1. The second-order valence-electron chi connectivity index (χ2n) is 6.37. The molecular formula is C21H24BrN3O4. The first kappa shape index (κ1) is 22.4. The molecule has 0 spiro atoms. The molecule has 3 N–H and O–H groups in total. The summed E-state index contributed by atoms with van der Waals surface area (Å²) in [7, 11) is 0. The molecular weight excluding hydrogens is 438 g/mol. The van der Waals surface area contributed by atoms with E-state index in [0.717, 1.165) is 4.47 Å². The molecule has 2 rings (SSSR count). The molecule has 8 heteroatoms. The summed E-state index contributed by atoms with van der Waals surface area (Å²) in [5.74, 6) is -0.347. The highest BCUT2D eigenvalue weighted by Gasteiger charge is 2.21. The Morgan fingerprint density at radius 3 is 2.28 bits per heavy atom. The van der Waals surface area contributed by atoms with E-state index in [1.165, 1.54) is 0 Å². The number of anilines is 1. The number of amides is 3. The van der Waals surface area contributed by atoms with Gasteiger partial charge < -0.3 is 20.7 Å². The van der Waals surface area contributed by atoms with Crippen LogP contribution in [-0.2, 0) is 9.59 Å². The van der Waals surface area contributed by atoms with E-state index in [2.05, 4.69) is 21.2 Å². The van der Waals surface area contributed by atoms with Crippen molar-refractivity contribution >= 4 is 39.3 Å². The maximum atomic E-state index is 12.6. The Kier molecular flexibility index (Phi) is 8.21. The molecule has 0 saturated heterocycles. The number of nitrogens with two attached hydrogens (primary N) is 1. The molecule has 0 fully saturated rings. The Morgan fingerprint density at radius 2 is 1.72 bits per heavy atom. The molecule has 154 valence electrons. The molecule has 0 heterocycles. The van der Waals surface area contributed by atoms with E-state index in [-0.39, 0.29) is 24.8 Å². The van der Waals surface area contributed by atoms with Crippen LogP contribution in [0.3, 0.4) is 0 Å². The standard InChI is InChI=1S/C21H24BrN3O4/c1-3-25(21(28)14(2)29-18-10-6-16(22)7-11-18)13-12-19(26)24-17-8-4-15(5-9-17)20(23)27/h4-11,14H,3,12-13H2,1-2H3,(H2,23,27)(H,24,26). The normalized spacial score (nSPS) is 11.4. The van der Waals surface area contributed by atoms with Crippen molar-refractivity contribution < 1.29 is 19.1 Å². The number of rotatable bonds is 9. The van der Waals surface area contributed by atoms with Crippen molar-refractivity contribution in [3.05, 3.63) is 58.6 Å². The first-order valence-corrected chi connectivity index (χ1v) is 10.00. The lowest BCUT2D eigenvalue weighted by molar-refractivity contribution is -0.138. The topological polar surface area (TPSA) is 102 Å². The monoisotopic (exact) mass is 461 g/mol. The summed E-state index contributed by atoms with van der Waals surface area (Å²) in [4.78, 5) is 37.5. The second-order valence-corrected chi connectivity index (χ2v) is 7.29. The number of nitrogens with zero attached hydrogens (tertiary/aromatic N) is 1. The maximum absolute atomic E-state index is 12.6. The summed E-state index contributed by atoms with van der Waals surface area (Å²) in [6.07, 6.45) is -0.525. The van der Waals surface area contributed by atoms with Crippen molar-refractivity contribution in [1.29, 1.82) is 0 Å². The van der Waals surface area contributed by atoms with Crippen LogP contribution in [0.1, 0.15) is 30.6 Å². The van der Waals surface area contributed by atoms with Gasteiger partial charge in [-0.3, -0.25) is 14.4 Å². The average molecular weight is 462 g/mol. The minimum absolute atomic E-state index is 0.141. The zero-order valence-corrected chi connectivity index (χ0v) is 17.9. The van der Waals surface area contributed by atoms with Crippen LogP contribution in [0.15, 0.2) is 53.0 Å². The molecule has 0 bridgehead atoms. The van der Waals surface area contributed by atoms with E-state index in [9.17, 15) is 14.4 Å². The van der Waals surface area contributed by atoms with E-state index >= 15 is 0 Å². The van der Waals surface area contributed by atoms with Crippen molar-refractivity contribution in [2.45, 2.75) is 26.4 Å². The van der Waals surface area contributed by atoms with Crippen LogP contribution < -0.4 is 15.8 Å². The molecule has 2 aromatic carbocycles. The third-order valence-electron chi connectivity index (χ3n) is 4.23. The smallest absolute Gasteiger partial charge is 0.263 e. The molecule has 1 unspecified atom stereocenters. The zero-order chi connectivity index (χ0) is 21.4. The van der Waals surface area contributed by atoms with Crippen molar-refractivity contribution in [2.75, 3.05) is 18.4 Å². The Balaban J connectivity index is 1.86. The third-order valence-corrected chi connectivity index (χ3v) is 4.76. The van der Waals surface area contributed by atoms with Crippen molar-refractivity contribution in [2.24, 2.45) is 5.73 Å². The molecule has 3 amide bonds. The summed E-state index contributed by atoms with van der Waals surface area (Å²) < 4.78 is 6.62. The molecule has 0 radical (unpaired) electrons. The highest BCUT2D eigenvalue weighted by atomic mass is 79.9. The van der Waals surface area contributed by atoms with Gasteiger partial charge in [-0.2, -0.15) is 0 Å². The van der Waals surface area contributed by atoms with Gasteiger partial charge in [0.25, 0.3) is 5.91 Å². The number of hydrogen-bond acceptors (Lipinski definition) is 4. The average Bonchev–Trinajstić information content (AvgIpc) is 2.70. The number of likely N-dealkylation sites (N-methyl/N-ethyl adjacent to an activating group) is 1. The van der Waals surface area contributed by atoms with Crippen LogP contribution in [0.5, 0.6) is 5.75 Å². The number of carbonyl (C=O) groups is 3. The van der Waals surface area contributed by atoms with Crippen LogP contribution in [0.2, 0.25) is 0 Å². The van der Waals surface area contributed by atoms with E-state index in [1.807, 2.05) is 19.1 Å². The fourth-order valence-corrected chi connectivity index (χ4v) is 2.89. The number of nitrogens with one attached hydrogen (secondary N) is 1. The number of ether oxygens (including phenoxy) is 1. The molecule has 29 heavy (non-hydrogen) atoms. The molecule has 0 saturated carbocycles. The van der Waals surface area contributed by atoms with Gasteiger partial charge in [-0.1, -0.05) is 15.9 Å². The molecule has 0 aliphatic carbocycles. The summed E-state index contributed by atoms with van der Waals surface area (Å²) in [5.41, 5.74) is 6.12.